The number of ketones is 1. The van der Waals surface area contributed by atoms with Crippen LogP contribution in [0.15, 0.2) is 36.4 Å². The quantitative estimate of drug-likeness (QED) is 0.745. The molecule has 2 aromatic carbocycles. The highest BCUT2D eigenvalue weighted by Crippen LogP contribution is 2.39. The topological polar surface area (TPSA) is 83.1 Å². The van der Waals surface area contributed by atoms with Crippen LogP contribution in [0.2, 0.25) is 0 Å². The van der Waals surface area contributed by atoms with Crippen LogP contribution in [0, 0.1) is 0 Å². The highest BCUT2D eigenvalue weighted by atomic mass is 16.6. The molecule has 0 aliphatic carbocycles. The zero-order valence-corrected chi connectivity index (χ0v) is 16.9. The number of ether oxygens (including phenoxy) is 4. The van der Waals surface area contributed by atoms with E-state index in [2.05, 4.69) is 5.32 Å². The molecule has 150 valence electrons. The highest BCUT2D eigenvalue weighted by Gasteiger charge is 2.22. The van der Waals surface area contributed by atoms with Gasteiger partial charge in [-0.25, -0.2) is 4.79 Å². The monoisotopic (exact) mass is 387 g/mol. The van der Waals surface area contributed by atoms with Crippen LogP contribution in [0.4, 0.5) is 10.5 Å². The molecule has 0 radical (unpaired) electrons. The summed E-state index contributed by atoms with van der Waals surface area (Å²) in [5.74, 6) is 0.804. The molecule has 28 heavy (non-hydrogen) atoms. The lowest BCUT2D eigenvalue weighted by atomic mass is 10.0. The van der Waals surface area contributed by atoms with Crippen molar-refractivity contribution < 1.29 is 28.5 Å². The first kappa shape index (κ1) is 21.1. The molecule has 0 aliphatic heterocycles. The summed E-state index contributed by atoms with van der Waals surface area (Å²) in [7, 11) is 4.44. The number of carbonyl (C=O) groups is 2. The van der Waals surface area contributed by atoms with Gasteiger partial charge in [-0.2, -0.15) is 0 Å². The molecular formula is C21H25NO6. The Hall–Kier alpha value is -3.22. The van der Waals surface area contributed by atoms with Crippen molar-refractivity contribution in [3.8, 4) is 17.2 Å². The maximum Gasteiger partial charge on any atom is 0.412 e. The van der Waals surface area contributed by atoms with Crippen LogP contribution in [0.5, 0.6) is 17.2 Å². The molecule has 2 aromatic rings. The number of anilines is 1. The third kappa shape index (κ3) is 4.94. The van der Waals surface area contributed by atoms with Crippen LogP contribution in [0.25, 0.3) is 0 Å². The lowest BCUT2D eigenvalue weighted by Gasteiger charge is -2.20. The predicted molar refractivity (Wildman–Crippen MR) is 106 cm³/mol. The van der Waals surface area contributed by atoms with Crippen LogP contribution in [0.1, 0.15) is 36.7 Å². The van der Waals surface area contributed by atoms with Gasteiger partial charge in [0.05, 0.1) is 27.0 Å². The van der Waals surface area contributed by atoms with Crippen molar-refractivity contribution in [1.82, 2.24) is 0 Å². The van der Waals surface area contributed by atoms with Crippen molar-refractivity contribution >= 4 is 17.6 Å². The van der Waals surface area contributed by atoms with E-state index in [4.69, 9.17) is 18.9 Å². The van der Waals surface area contributed by atoms with E-state index in [-0.39, 0.29) is 5.78 Å². The molecule has 1 N–H and O–H groups in total. The van der Waals surface area contributed by atoms with Gasteiger partial charge < -0.3 is 18.9 Å². The molecule has 0 aliphatic rings. The van der Waals surface area contributed by atoms with Gasteiger partial charge in [-0.1, -0.05) is 12.1 Å². The fourth-order valence-electron chi connectivity index (χ4n) is 2.57. The van der Waals surface area contributed by atoms with Crippen LogP contribution in [-0.2, 0) is 4.74 Å². The Labute approximate surface area is 164 Å². The van der Waals surface area contributed by atoms with Crippen LogP contribution < -0.4 is 19.5 Å². The first-order valence-electron chi connectivity index (χ1n) is 8.64. The van der Waals surface area contributed by atoms with Gasteiger partial charge >= 0.3 is 6.09 Å². The summed E-state index contributed by atoms with van der Waals surface area (Å²) < 4.78 is 21.2. The molecule has 1 amide bonds. The third-order valence-electron chi connectivity index (χ3n) is 3.73. The number of rotatable bonds is 6. The SMILES string of the molecule is COc1cc(C(=O)c2ccccc2NC(=O)OC(C)(C)C)cc(OC)c1OC. The number of amides is 1. The van der Waals surface area contributed by atoms with Gasteiger partial charge in [-0.15, -0.1) is 0 Å². The van der Waals surface area contributed by atoms with Crippen molar-refractivity contribution in [2.24, 2.45) is 0 Å². The molecule has 0 heterocycles. The summed E-state index contributed by atoms with van der Waals surface area (Å²) in [6.45, 7) is 5.29. The molecule has 7 nitrogen and oxygen atoms in total. The second kappa shape index (κ2) is 8.65. The standard InChI is InChI=1S/C21H25NO6/c1-21(2,3)28-20(24)22-15-10-8-7-9-14(15)18(23)13-11-16(25-4)19(27-6)17(12-13)26-5/h7-12H,1-6H3,(H,22,24). The van der Waals surface area contributed by atoms with E-state index in [1.54, 1.807) is 57.2 Å². The molecule has 2 rings (SSSR count). The molecule has 0 saturated heterocycles. The number of benzene rings is 2. The zero-order chi connectivity index (χ0) is 20.9. The number of hydrogen-bond donors (Lipinski definition) is 1. The first-order valence-corrected chi connectivity index (χ1v) is 8.64. The zero-order valence-electron chi connectivity index (χ0n) is 16.9. The molecule has 0 bridgehead atoms. The number of para-hydroxylation sites is 1. The van der Waals surface area contributed by atoms with Gasteiger partial charge in [0.2, 0.25) is 5.75 Å². The Morgan fingerprint density at radius 2 is 1.46 bits per heavy atom. The van der Waals surface area contributed by atoms with Gasteiger partial charge in [-0.05, 0) is 45.0 Å². The molecule has 0 unspecified atom stereocenters. The number of methoxy groups -OCH3 is 3. The third-order valence-corrected chi connectivity index (χ3v) is 3.73. The molecular weight excluding hydrogens is 362 g/mol. The number of nitrogens with one attached hydrogen (secondary N) is 1. The molecule has 0 fully saturated rings. The van der Waals surface area contributed by atoms with Gasteiger partial charge in [0, 0.05) is 11.1 Å². The van der Waals surface area contributed by atoms with E-state index in [1.807, 2.05) is 0 Å². The summed E-state index contributed by atoms with van der Waals surface area (Å²) in [5.41, 5.74) is 0.325. The number of hydrogen-bond acceptors (Lipinski definition) is 6. The lowest BCUT2D eigenvalue weighted by molar-refractivity contribution is 0.0636. The molecule has 0 aromatic heterocycles. The van der Waals surface area contributed by atoms with E-state index < -0.39 is 11.7 Å². The minimum Gasteiger partial charge on any atom is -0.493 e. The molecule has 7 heteroatoms. The minimum atomic E-state index is -0.653. The Kier molecular flexibility index (Phi) is 6.51. The van der Waals surface area contributed by atoms with Crippen LogP contribution >= 0.6 is 0 Å². The fourth-order valence-corrected chi connectivity index (χ4v) is 2.57. The molecule has 0 atom stereocenters. The Balaban J connectivity index is 2.41. The molecule has 0 saturated carbocycles. The van der Waals surface area contributed by atoms with Crippen molar-refractivity contribution in [3.63, 3.8) is 0 Å². The summed E-state index contributed by atoms with van der Waals surface area (Å²) >= 11 is 0. The second-order valence-corrected chi connectivity index (χ2v) is 6.92. The summed E-state index contributed by atoms with van der Waals surface area (Å²) in [6, 6.07) is 9.82. The highest BCUT2D eigenvalue weighted by molar-refractivity contribution is 6.14. The van der Waals surface area contributed by atoms with Crippen LogP contribution in [-0.4, -0.2) is 38.8 Å². The Morgan fingerprint density at radius 3 is 1.96 bits per heavy atom. The van der Waals surface area contributed by atoms with Crippen molar-refractivity contribution in [2.75, 3.05) is 26.6 Å². The maximum absolute atomic E-state index is 13.1. The fraction of sp³-hybridized carbons (Fsp3) is 0.333. The second-order valence-electron chi connectivity index (χ2n) is 6.92. The minimum absolute atomic E-state index is 0.308. The lowest BCUT2D eigenvalue weighted by Crippen LogP contribution is -2.27. The molecule has 0 spiro atoms. The van der Waals surface area contributed by atoms with Gasteiger partial charge in [0.1, 0.15) is 5.60 Å². The first-order chi connectivity index (χ1) is 13.2. The van der Waals surface area contributed by atoms with Crippen LogP contribution in [0.3, 0.4) is 0 Å². The largest absolute Gasteiger partial charge is 0.493 e. The smallest absolute Gasteiger partial charge is 0.412 e. The van der Waals surface area contributed by atoms with E-state index in [9.17, 15) is 9.59 Å². The van der Waals surface area contributed by atoms with Crippen molar-refractivity contribution in [2.45, 2.75) is 26.4 Å². The van der Waals surface area contributed by atoms with Crippen molar-refractivity contribution in [3.05, 3.63) is 47.5 Å². The van der Waals surface area contributed by atoms with Gasteiger partial charge in [0.25, 0.3) is 0 Å². The maximum atomic E-state index is 13.1. The average Bonchev–Trinajstić information content (AvgIpc) is 2.65. The van der Waals surface area contributed by atoms with Gasteiger partial charge in [-0.3, -0.25) is 10.1 Å². The normalized spacial score (nSPS) is 10.8. The average molecular weight is 387 g/mol. The predicted octanol–water partition coefficient (Wildman–Crippen LogP) is 4.29. The Bertz CT molecular complexity index is 844. The van der Waals surface area contributed by atoms with Gasteiger partial charge in [0.15, 0.2) is 17.3 Å². The summed E-state index contributed by atoms with van der Waals surface area (Å²) in [5, 5.41) is 2.63. The van der Waals surface area contributed by atoms with E-state index in [1.165, 1.54) is 21.3 Å². The van der Waals surface area contributed by atoms with E-state index in [0.29, 0.717) is 34.1 Å². The van der Waals surface area contributed by atoms with E-state index >= 15 is 0 Å². The van der Waals surface area contributed by atoms with Crippen molar-refractivity contribution in [1.29, 1.82) is 0 Å². The Morgan fingerprint density at radius 1 is 0.893 bits per heavy atom. The summed E-state index contributed by atoms with van der Waals surface area (Å²) in [6.07, 6.45) is -0.641. The summed E-state index contributed by atoms with van der Waals surface area (Å²) in [4.78, 5) is 25.2. The van der Waals surface area contributed by atoms with E-state index in [0.717, 1.165) is 0 Å². The number of carbonyl (C=O) groups excluding carboxylic acids is 2.